The Labute approximate surface area is 206 Å². The van der Waals surface area contributed by atoms with Gasteiger partial charge in [0.2, 0.25) is 0 Å². The second-order valence-corrected chi connectivity index (χ2v) is 9.58. The van der Waals surface area contributed by atoms with Crippen molar-refractivity contribution in [3.05, 3.63) is 102 Å². The van der Waals surface area contributed by atoms with Gasteiger partial charge in [-0.2, -0.15) is 0 Å². The molecule has 2 N–H and O–H groups in total. The summed E-state index contributed by atoms with van der Waals surface area (Å²) in [6, 6.07) is 28.5. The van der Waals surface area contributed by atoms with Crippen LogP contribution in [0.3, 0.4) is 0 Å². The first-order valence-corrected chi connectivity index (χ1v) is 12.0. The van der Waals surface area contributed by atoms with Gasteiger partial charge in [0.1, 0.15) is 11.4 Å². The van der Waals surface area contributed by atoms with Gasteiger partial charge in [-0.15, -0.1) is 0 Å². The number of carboxylic acid groups (broad SMARTS) is 1. The molecule has 0 saturated carbocycles. The van der Waals surface area contributed by atoms with E-state index in [1.165, 1.54) is 16.3 Å². The largest absolute Gasteiger partial charge is 0.482 e. The molecule has 0 fully saturated rings. The first-order valence-electron chi connectivity index (χ1n) is 12.0. The maximum atomic E-state index is 11.8. The Morgan fingerprint density at radius 2 is 1.80 bits per heavy atom. The number of aromatic carboxylic acids is 1. The average Bonchev–Trinajstić information content (AvgIpc) is 2.86. The Morgan fingerprint density at radius 3 is 2.63 bits per heavy atom. The molecule has 0 aliphatic carbocycles. The van der Waals surface area contributed by atoms with Crippen LogP contribution in [0.5, 0.6) is 5.75 Å². The first-order chi connectivity index (χ1) is 16.8. The van der Waals surface area contributed by atoms with E-state index in [9.17, 15) is 9.90 Å². The summed E-state index contributed by atoms with van der Waals surface area (Å²) in [5, 5.41) is 15.8. The van der Waals surface area contributed by atoms with Gasteiger partial charge in [0.25, 0.3) is 0 Å². The quantitative estimate of drug-likeness (QED) is 0.340. The number of benzene rings is 4. The summed E-state index contributed by atoms with van der Waals surface area (Å²) in [6.07, 6.45) is 0. The Balaban J connectivity index is 1.43. The number of carboxylic acids is 1. The Morgan fingerprint density at radius 1 is 1.06 bits per heavy atom. The number of anilines is 2. The summed E-state index contributed by atoms with van der Waals surface area (Å²) in [5.41, 5.74) is 3.57. The SMILES string of the molecule is Cc1ccc(N2CC(C)(CNC(C)c3cccc4ccccc34)Oc3ccccc32)cc1C(=O)O. The Hall–Kier alpha value is -3.83. The lowest BCUT2D eigenvalue weighted by Gasteiger charge is -2.43. The molecule has 0 saturated heterocycles. The van der Waals surface area contributed by atoms with Gasteiger partial charge in [-0.1, -0.05) is 60.7 Å². The molecule has 0 aromatic heterocycles. The van der Waals surface area contributed by atoms with Crippen molar-refractivity contribution in [1.82, 2.24) is 5.32 Å². The standard InChI is InChI=1S/C30H30N2O3/c1-20-15-16-23(17-26(20)29(33)34)32-19-30(3,35-28-14-7-6-13-27(28)32)18-31-21(2)24-12-8-10-22-9-4-5-11-25(22)24/h4-17,21,31H,18-19H2,1-3H3,(H,33,34). The maximum absolute atomic E-state index is 11.8. The third-order valence-corrected chi connectivity index (χ3v) is 6.84. The van der Waals surface area contributed by atoms with Crippen LogP contribution < -0.4 is 15.0 Å². The van der Waals surface area contributed by atoms with E-state index in [1.54, 1.807) is 6.07 Å². The van der Waals surface area contributed by atoms with Crippen molar-refractivity contribution in [2.24, 2.45) is 0 Å². The van der Waals surface area contributed by atoms with E-state index in [0.717, 1.165) is 22.7 Å². The van der Waals surface area contributed by atoms with E-state index < -0.39 is 11.6 Å². The van der Waals surface area contributed by atoms with E-state index in [2.05, 4.69) is 66.5 Å². The Kier molecular flexibility index (Phi) is 5.95. The van der Waals surface area contributed by atoms with E-state index in [0.29, 0.717) is 18.7 Å². The van der Waals surface area contributed by atoms with Gasteiger partial charge >= 0.3 is 5.97 Å². The summed E-state index contributed by atoms with van der Waals surface area (Å²) in [5.74, 6) is -0.127. The van der Waals surface area contributed by atoms with Crippen LogP contribution in [-0.2, 0) is 0 Å². The van der Waals surface area contributed by atoms with Gasteiger partial charge in [-0.25, -0.2) is 4.79 Å². The Bertz CT molecular complexity index is 1390. The molecule has 1 heterocycles. The minimum Gasteiger partial charge on any atom is -0.482 e. The van der Waals surface area contributed by atoms with Gasteiger partial charge in [-0.05, 0) is 66.9 Å². The molecular formula is C30H30N2O3. The molecule has 2 atom stereocenters. The third-order valence-electron chi connectivity index (χ3n) is 6.84. The average molecular weight is 467 g/mol. The molecule has 0 spiro atoms. The summed E-state index contributed by atoms with van der Waals surface area (Å²) in [7, 11) is 0. The van der Waals surface area contributed by atoms with Gasteiger partial charge in [0.15, 0.2) is 0 Å². The topological polar surface area (TPSA) is 61.8 Å². The molecule has 0 amide bonds. The monoisotopic (exact) mass is 466 g/mol. The van der Waals surface area contributed by atoms with Crippen LogP contribution in [0.4, 0.5) is 11.4 Å². The number of hydrogen-bond donors (Lipinski definition) is 2. The van der Waals surface area contributed by atoms with Gasteiger partial charge in [0, 0.05) is 18.3 Å². The number of ether oxygens (including phenoxy) is 1. The van der Waals surface area contributed by atoms with Crippen LogP contribution in [0.25, 0.3) is 10.8 Å². The number of fused-ring (bicyclic) bond motifs is 2. The predicted octanol–water partition coefficient (Wildman–Crippen LogP) is 6.49. The lowest BCUT2D eigenvalue weighted by molar-refractivity contribution is 0.0696. The molecule has 0 bridgehead atoms. The van der Waals surface area contributed by atoms with Crippen LogP contribution in [0, 0.1) is 6.92 Å². The molecule has 178 valence electrons. The summed E-state index contributed by atoms with van der Waals surface area (Å²) < 4.78 is 6.53. The third kappa shape index (κ3) is 4.47. The minimum atomic E-state index is -0.917. The summed E-state index contributed by atoms with van der Waals surface area (Å²) in [6.45, 7) is 7.31. The zero-order chi connectivity index (χ0) is 24.6. The molecule has 5 heteroatoms. The molecule has 1 aliphatic rings. The van der Waals surface area contributed by atoms with Gasteiger partial charge in [0.05, 0.1) is 17.8 Å². The fraction of sp³-hybridized carbons (Fsp3) is 0.233. The zero-order valence-electron chi connectivity index (χ0n) is 20.3. The first kappa shape index (κ1) is 22.9. The van der Waals surface area contributed by atoms with E-state index >= 15 is 0 Å². The van der Waals surface area contributed by atoms with Crippen molar-refractivity contribution in [2.75, 3.05) is 18.0 Å². The molecule has 4 aromatic carbocycles. The second-order valence-electron chi connectivity index (χ2n) is 9.58. The van der Waals surface area contributed by atoms with Gasteiger partial charge < -0.3 is 20.1 Å². The lowest BCUT2D eigenvalue weighted by Crippen LogP contribution is -2.53. The highest BCUT2D eigenvalue weighted by molar-refractivity contribution is 5.91. The summed E-state index contributed by atoms with van der Waals surface area (Å²) >= 11 is 0. The van der Waals surface area contributed by atoms with Crippen molar-refractivity contribution in [1.29, 1.82) is 0 Å². The molecule has 0 radical (unpaired) electrons. The lowest BCUT2D eigenvalue weighted by atomic mass is 9.97. The minimum absolute atomic E-state index is 0.130. The number of para-hydroxylation sites is 2. The number of rotatable bonds is 6. The molecular weight excluding hydrogens is 436 g/mol. The van der Waals surface area contributed by atoms with Crippen molar-refractivity contribution >= 4 is 28.1 Å². The highest BCUT2D eigenvalue weighted by atomic mass is 16.5. The van der Waals surface area contributed by atoms with Crippen LogP contribution in [0.1, 0.15) is 41.4 Å². The fourth-order valence-electron chi connectivity index (χ4n) is 4.92. The highest BCUT2D eigenvalue weighted by Gasteiger charge is 2.37. The maximum Gasteiger partial charge on any atom is 0.336 e. The van der Waals surface area contributed by atoms with Crippen LogP contribution in [0.15, 0.2) is 84.9 Å². The van der Waals surface area contributed by atoms with Crippen LogP contribution >= 0.6 is 0 Å². The second kappa shape index (κ2) is 9.08. The zero-order valence-corrected chi connectivity index (χ0v) is 20.3. The van der Waals surface area contributed by atoms with Crippen molar-refractivity contribution in [3.8, 4) is 5.75 Å². The smallest absolute Gasteiger partial charge is 0.336 e. The highest BCUT2D eigenvalue weighted by Crippen LogP contribution is 2.41. The molecule has 5 nitrogen and oxygen atoms in total. The molecule has 1 aliphatic heterocycles. The number of aryl methyl sites for hydroxylation is 1. The number of nitrogens with one attached hydrogen (secondary N) is 1. The predicted molar refractivity (Wildman–Crippen MR) is 141 cm³/mol. The van der Waals surface area contributed by atoms with Crippen LogP contribution in [0.2, 0.25) is 0 Å². The molecule has 35 heavy (non-hydrogen) atoms. The fourth-order valence-corrected chi connectivity index (χ4v) is 4.92. The van der Waals surface area contributed by atoms with E-state index in [4.69, 9.17) is 4.74 Å². The normalized spacial score (nSPS) is 18.1. The molecule has 5 rings (SSSR count). The van der Waals surface area contributed by atoms with Gasteiger partial charge in [-0.3, -0.25) is 0 Å². The molecule has 2 unspecified atom stereocenters. The van der Waals surface area contributed by atoms with E-state index in [1.807, 2.05) is 43.3 Å². The number of hydrogen-bond acceptors (Lipinski definition) is 4. The van der Waals surface area contributed by atoms with E-state index in [-0.39, 0.29) is 6.04 Å². The summed E-state index contributed by atoms with van der Waals surface area (Å²) in [4.78, 5) is 13.9. The van der Waals surface area contributed by atoms with Crippen molar-refractivity contribution in [2.45, 2.75) is 32.4 Å². The molecule has 4 aromatic rings. The number of nitrogens with zero attached hydrogens (tertiary/aromatic N) is 1. The van der Waals surface area contributed by atoms with Crippen molar-refractivity contribution in [3.63, 3.8) is 0 Å². The van der Waals surface area contributed by atoms with Crippen molar-refractivity contribution < 1.29 is 14.6 Å². The van der Waals surface area contributed by atoms with Crippen LogP contribution in [-0.4, -0.2) is 29.8 Å². The number of carbonyl (C=O) groups is 1.